The fraction of sp³-hybridized carbons (Fsp3) is 0.406. The average molecular weight is 573 g/mol. The van der Waals surface area contributed by atoms with Gasteiger partial charge in [0.2, 0.25) is 5.91 Å². The number of carbonyl (C=O) groups is 2. The highest BCUT2D eigenvalue weighted by atomic mass is 19.1. The van der Waals surface area contributed by atoms with Gasteiger partial charge in [0.15, 0.2) is 5.76 Å². The molecule has 0 unspecified atom stereocenters. The molecule has 2 aromatic heterocycles. The first kappa shape index (κ1) is 28.0. The van der Waals surface area contributed by atoms with Gasteiger partial charge in [-0.3, -0.25) is 14.3 Å². The number of piperazine rings is 1. The molecule has 0 saturated carbocycles. The summed E-state index contributed by atoms with van der Waals surface area (Å²) in [6, 6.07) is 13.5. The SMILES string of the molecule is CN(C)C(=O)c1cc2c(F)c([C@H]3CCCN(C(=O)CCn4cccn4)C3)cc(-c3ccc(N4CCNCC4)cc3)c2o1. The van der Waals surface area contributed by atoms with Crippen molar-refractivity contribution in [2.24, 2.45) is 0 Å². The van der Waals surface area contributed by atoms with E-state index in [1.54, 1.807) is 25.0 Å². The maximum atomic E-state index is 16.3. The van der Waals surface area contributed by atoms with E-state index < -0.39 is 0 Å². The molecule has 6 rings (SSSR count). The van der Waals surface area contributed by atoms with E-state index in [0.29, 0.717) is 42.6 Å². The fourth-order valence-electron chi connectivity index (χ4n) is 6.06. The molecule has 1 atom stereocenters. The van der Waals surface area contributed by atoms with E-state index in [-0.39, 0.29) is 29.3 Å². The molecule has 2 aromatic carbocycles. The van der Waals surface area contributed by atoms with E-state index in [0.717, 1.165) is 55.8 Å². The number of rotatable bonds is 7. The lowest BCUT2D eigenvalue weighted by atomic mass is 9.87. The zero-order valence-electron chi connectivity index (χ0n) is 24.2. The molecule has 2 fully saturated rings. The van der Waals surface area contributed by atoms with E-state index in [9.17, 15) is 9.59 Å². The minimum absolute atomic E-state index is 0.0441. The molecule has 4 aromatic rings. The summed E-state index contributed by atoms with van der Waals surface area (Å²) in [7, 11) is 3.29. The Balaban J connectivity index is 1.34. The highest BCUT2D eigenvalue weighted by molar-refractivity contribution is 6.00. The third kappa shape index (κ3) is 5.63. The van der Waals surface area contributed by atoms with Crippen molar-refractivity contribution in [3.63, 3.8) is 0 Å². The van der Waals surface area contributed by atoms with Crippen molar-refractivity contribution in [1.29, 1.82) is 0 Å². The highest BCUT2D eigenvalue weighted by Crippen LogP contribution is 2.40. The monoisotopic (exact) mass is 572 g/mol. The molecular weight excluding hydrogens is 535 g/mol. The van der Waals surface area contributed by atoms with E-state index >= 15 is 4.39 Å². The number of nitrogens with one attached hydrogen (secondary N) is 1. The Labute approximate surface area is 244 Å². The van der Waals surface area contributed by atoms with Crippen molar-refractivity contribution in [1.82, 2.24) is 24.9 Å². The zero-order chi connectivity index (χ0) is 29.2. The van der Waals surface area contributed by atoms with Gasteiger partial charge >= 0.3 is 0 Å². The molecule has 0 bridgehead atoms. The summed E-state index contributed by atoms with van der Waals surface area (Å²) < 4.78 is 24.1. The maximum absolute atomic E-state index is 16.3. The van der Waals surface area contributed by atoms with Crippen LogP contribution < -0.4 is 10.2 Å². The van der Waals surface area contributed by atoms with Crippen LogP contribution in [0, 0.1) is 5.82 Å². The van der Waals surface area contributed by atoms with Crippen LogP contribution in [-0.2, 0) is 11.3 Å². The van der Waals surface area contributed by atoms with E-state index in [2.05, 4.69) is 27.4 Å². The van der Waals surface area contributed by atoms with Crippen LogP contribution in [-0.4, -0.2) is 84.8 Å². The third-order valence-electron chi connectivity index (χ3n) is 8.37. The van der Waals surface area contributed by atoms with Crippen molar-refractivity contribution in [3.8, 4) is 11.1 Å². The summed E-state index contributed by atoms with van der Waals surface area (Å²) in [5.41, 5.74) is 3.69. The van der Waals surface area contributed by atoms with Crippen LogP contribution in [0.4, 0.5) is 10.1 Å². The van der Waals surface area contributed by atoms with Gasteiger partial charge in [0.05, 0.1) is 5.39 Å². The highest BCUT2D eigenvalue weighted by Gasteiger charge is 2.30. The molecule has 0 radical (unpaired) electrons. The minimum Gasteiger partial charge on any atom is -0.450 e. The smallest absolute Gasteiger partial charge is 0.289 e. The van der Waals surface area contributed by atoms with Crippen LogP contribution in [0.5, 0.6) is 0 Å². The molecule has 0 aliphatic carbocycles. The number of hydrogen-bond acceptors (Lipinski definition) is 6. The predicted molar refractivity (Wildman–Crippen MR) is 160 cm³/mol. The summed E-state index contributed by atoms with van der Waals surface area (Å²) in [6.07, 6.45) is 5.45. The summed E-state index contributed by atoms with van der Waals surface area (Å²) in [5.74, 6) is -0.729. The molecular formula is C32H37FN6O3. The second-order valence-corrected chi connectivity index (χ2v) is 11.4. The molecule has 9 nitrogen and oxygen atoms in total. The first-order valence-electron chi connectivity index (χ1n) is 14.7. The van der Waals surface area contributed by atoms with Gasteiger partial charge in [0.1, 0.15) is 11.4 Å². The van der Waals surface area contributed by atoms with Gasteiger partial charge in [-0.05, 0) is 48.2 Å². The molecule has 2 amide bonds. The Morgan fingerprint density at radius 2 is 1.90 bits per heavy atom. The number of hydrogen-bond donors (Lipinski definition) is 1. The molecule has 220 valence electrons. The Bertz CT molecular complexity index is 1560. The topological polar surface area (TPSA) is 86.9 Å². The van der Waals surface area contributed by atoms with Crippen molar-refractivity contribution in [2.45, 2.75) is 31.7 Å². The number of carbonyl (C=O) groups excluding carboxylic acids is 2. The molecule has 10 heteroatoms. The maximum Gasteiger partial charge on any atom is 0.289 e. The van der Waals surface area contributed by atoms with Crippen molar-refractivity contribution in [3.05, 3.63) is 72.0 Å². The van der Waals surface area contributed by atoms with Gasteiger partial charge in [-0.15, -0.1) is 0 Å². The Hall–Kier alpha value is -4.18. The number of piperidine rings is 1. The molecule has 4 heterocycles. The largest absolute Gasteiger partial charge is 0.450 e. The van der Waals surface area contributed by atoms with E-state index in [1.165, 1.54) is 11.0 Å². The lowest BCUT2D eigenvalue weighted by molar-refractivity contribution is -0.132. The van der Waals surface area contributed by atoms with Crippen molar-refractivity contribution < 1.29 is 18.4 Å². The van der Waals surface area contributed by atoms with Crippen LogP contribution >= 0.6 is 0 Å². The normalized spacial score (nSPS) is 17.5. The van der Waals surface area contributed by atoms with Crippen molar-refractivity contribution >= 4 is 28.5 Å². The molecule has 2 aliphatic heterocycles. The number of halogens is 1. The van der Waals surface area contributed by atoms with Crippen LogP contribution in [0.1, 0.15) is 41.3 Å². The second kappa shape index (κ2) is 12.0. The van der Waals surface area contributed by atoms with Crippen LogP contribution in [0.2, 0.25) is 0 Å². The molecule has 2 saturated heterocycles. The number of nitrogens with zero attached hydrogens (tertiary/aromatic N) is 5. The Morgan fingerprint density at radius 3 is 2.62 bits per heavy atom. The van der Waals surface area contributed by atoms with E-state index in [4.69, 9.17) is 4.42 Å². The number of furan rings is 1. The van der Waals surface area contributed by atoms with Gasteiger partial charge in [-0.25, -0.2) is 4.39 Å². The Kier molecular flexibility index (Phi) is 7.97. The number of benzene rings is 2. The third-order valence-corrected chi connectivity index (χ3v) is 8.37. The molecule has 0 spiro atoms. The zero-order valence-corrected chi connectivity index (χ0v) is 24.2. The van der Waals surface area contributed by atoms with Crippen LogP contribution in [0.25, 0.3) is 22.1 Å². The lowest BCUT2D eigenvalue weighted by Crippen LogP contribution is -2.43. The number of anilines is 1. The second-order valence-electron chi connectivity index (χ2n) is 11.4. The number of amides is 2. The average Bonchev–Trinajstić information content (AvgIpc) is 3.71. The lowest BCUT2D eigenvalue weighted by Gasteiger charge is -2.33. The number of aromatic nitrogens is 2. The van der Waals surface area contributed by atoms with Crippen LogP contribution in [0.15, 0.2) is 59.3 Å². The predicted octanol–water partition coefficient (Wildman–Crippen LogP) is 4.34. The minimum atomic E-state index is -0.386. The Morgan fingerprint density at radius 1 is 1.12 bits per heavy atom. The van der Waals surface area contributed by atoms with Gasteiger partial charge in [-0.2, -0.15) is 5.10 Å². The number of fused-ring (bicyclic) bond motifs is 1. The van der Waals surface area contributed by atoms with Gasteiger partial charge in [0, 0.05) is 102 Å². The summed E-state index contributed by atoms with van der Waals surface area (Å²) in [4.78, 5) is 31.5. The number of aryl methyl sites for hydroxylation is 1. The molecule has 1 N–H and O–H groups in total. The fourth-order valence-corrected chi connectivity index (χ4v) is 6.06. The van der Waals surface area contributed by atoms with Crippen LogP contribution in [0.3, 0.4) is 0 Å². The van der Waals surface area contributed by atoms with Crippen molar-refractivity contribution in [2.75, 3.05) is 58.3 Å². The first-order chi connectivity index (χ1) is 20.4. The van der Waals surface area contributed by atoms with Gasteiger partial charge < -0.3 is 24.4 Å². The summed E-state index contributed by atoms with van der Waals surface area (Å²) >= 11 is 0. The number of likely N-dealkylation sites (tertiary alicyclic amines) is 1. The molecule has 42 heavy (non-hydrogen) atoms. The standard InChI is InChI=1S/C32H37FN6O3/c1-36(2)32(41)28-20-27-30(33)25(23-5-3-14-38(21-23)29(40)10-16-39-15-4-11-35-39)19-26(31(27)42-28)22-6-8-24(9-7-22)37-17-12-34-13-18-37/h4,6-9,11,15,19-20,23,34H,3,5,10,12-14,16-18,21H2,1-2H3/t23-/m0/s1. The van der Waals surface area contributed by atoms with E-state index in [1.807, 2.05) is 35.4 Å². The summed E-state index contributed by atoms with van der Waals surface area (Å²) in [5, 5.41) is 7.86. The molecule has 2 aliphatic rings. The van der Waals surface area contributed by atoms with Gasteiger partial charge in [-0.1, -0.05) is 12.1 Å². The van der Waals surface area contributed by atoms with Gasteiger partial charge in [0.25, 0.3) is 5.91 Å². The first-order valence-corrected chi connectivity index (χ1v) is 14.7. The quantitative estimate of drug-likeness (QED) is 0.355. The summed E-state index contributed by atoms with van der Waals surface area (Å²) in [6.45, 7) is 5.40.